The minimum atomic E-state index is -0.420. The molecule has 3 N–H and O–H groups in total. The molecule has 0 radical (unpaired) electrons. The van der Waals surface area contributed by atoms with Gasteiger partial charge in [0.05, 0.1) is 18.8 Å². The van der Waals surface area contributed by atoms with Gasteiger partial charge < -0.3 is 20.5 Å². The zero-order chi connectivity index (χ0) is 13.7. The third-order valence-electron chi connectivity index (χ3n) is 3.30. The van der Waals surface area contributed by atoms with Crippen LogP contribution in [0.2, 0.25) is 0 Å². The molecule has 2 unspecified atom stereocenters. The third kappa shape index (κ3) is 3.76. The third-order valence-corrected chi connectivity index (χ3v) is 3.30. The van der Waals surface area contributed by atoms with Gasteiger partial charge in [-0.05, 0) is 17.5 Å². The van der Waals surface area contributed by atoms with Gasteiger partial charge in [-0.15, -0.1) is 0 Å². The van der Waals surface area contributed by atoms with Crippen LogP contribution in [0.3, 0.4) is 0 Å². The molecule has 1 aliphatic heterocycles. The molecule has 0 aromatic heterocycles. The van der Waals surface area contributed by atoms with Crippen LogP contribution in [-0.2, 0) is 22.7 Å². The van der Waals surface area contributed by atoms with Crippen LogP contribution in [0.5, 0.6) is 0 Å². The van der Waals surface area contributed by atoms with Crippen LogP contribution in [-0.4, -0.2) is 36.8 Å². The Morgan fingerprint density at radius 2 is 2.21 bits per heavy atom. The minimum absolute atomic E-state index is 0.0660. The fourth-order valence-corrected chi connectivity index (χ4v) is 2.25. The second-order valence-corrected chi connectivity index (χ2v) is 4.77. The summed E-state index contributed by atoms with van der Waals surface area (Å²) in [6, 6.07) is 7.57. The summed E-state index contributed by atoms with van der Waals surface area (Å²) in [6.07, 6.45) is 0.0578. The normalized spacial score (nSPS) is 22.4. The Morgan fingerprint density at radius 3 is 2.84 bits per heavy atom. The maximum Gasteiger partial charge on any atom is 0.237 e. The summed E-state index contributed by atoms with van der Waals surface area (Å²) in [7, 11) is 1.65. The first kappa shape index (κ1) is 14.0. The van der Waals surface area contributed by atoms with Crippen LogP contribution in [0.4, 0.5) is 0 Å². The summed E-state index contributed by atoms with van der Waals surface area (Å²) in [5.41, 5.74) is 2.13. The van der Waals surface area contributed by atoms with Crippen LogP contribution in [0, 0.1) is 0 Å². The number of ether oxygens (including phenoxy) is 1. The molecule has 0 aliphatic carbocycles. The lowest BCUT2D eigenvalue weighted by molar-refractivity contribution is -0.123. The molecule has 0 bridgehead atoms. The number of hydrogen-bond donors (Lipinski definition) is 3. The van der Waals surface area contributed by atoms with Gasteiger partial charge in [-0.25, -0.2) is 0 Å². The number of hydrogen-bond acceptors (Lipinski definition) is 4. The van der Waals surface area contributed by atoms with Crippen molar-refractivity contribution in [3.05, 3.63) is 35.4 Å². The lowest BCUT2D eigenvalue weighted by Gasteiger charge is -2.13. The largest absolute Gasteiger partial charge is 0.392 e. The predicted molar refractivity (Wildman–Crippen MR) is 71.4 cm³/mol. The number of rotatable bonds is 5. The van der Waals surface area contributed by atoms with E-state index >= 15 is 0 Å². The highest BCUT2D eigenvalue weighted by molar-refractivity contribution is 5.82. The van der Waals surface area contributed by atoms with Gasteiger partial charge in [-0.1, -0.05) is 24.3 Å². The quantitative estimate of drug-likeness (QED) is 0.709. The molecule has 5 nitrogen and oxygen atoms in total. The molecule has 1 fully saturated rings. The van der Waals surface area contributed by atoms with Crippen LogP contribution in [0.1, 0.15) is 17.5 Å². The van der Waals surface area contributed by atoms with Gasteiger partial charge in [-0.3, -0.25) is 4.79 Å². The van der Waals surface area contributed by atoms with E-state index in [0.717, 1.165) is 11.1 Å². The van der Waals surface area contributed by atoms with E-state index in [0.29, 0.717) is 26.1 Å². The van der Waals surface area contributed by atoms with Crippen LogP contribution < -0.4 is 10.6 Å². The molecule has 0 saturated carbocycles. The first-order chi connectivity index (χ1) is 9.20. The monoisotopic (exact) mass is 264 g/mol. The minimum Gasteiger partial charge on any atom is -0.392 e. The van der Waals surface area contributed by atoms with E-state index in [4.69, 9.17) is 4.74 Å². The number of aliphatic hydroxyl groups is 1. The fourth-order valence-electron chi connectivity index (χ4n) is 2.25. The van der Waals surface area contributed by atoms with Gasteiger partial charge in [0.2, 0.25) is 5.91 Å². The zero-order valence-electron chi connectivity index (χ0n) is 11.1. The van der Waals surface area contributed by atoms with Crippen molar-refractivity contribution in [3.63, 3.8) is 0 Å². The van der Waals surface area contributed by atoms with Crippen molar-refractivity contribution in [3.8, 4) is 0 Å². The van der Waals surface area contributed by atoms with Crippen LogP contribution in [0.15, 0.2) is 24.3 Å². The summed E-state index contributed by atoms with van der Waals surface area (Å²) in [4.78, 5) is 11.9. The van der Waals surface area contributed by atoms with E-state index in [-0.39, 0.29) is 11.9 Å². The first-order valence-electron chi connectivity index (χ1n) is 6.45. The molecule has 2 rings (SSSR count). The van der Waals surface area contributed by atoms with E-state index in [9.17, 15) is 9.90 Å². The molecule has 0 spiro atoms. The Balaban J connectivity index is 1.89. The average Bonchev–Trinajstić information content (AvgIpc) is 2.84. The number of carbonyl (C=O) groups excluding carboxylic acids is 1. The van der Waals surface area contributed by atoms with Crippen molar-refractivity contribution in [1.82, 2.24) is 10.6 Å². The van der Waals surface area contributed by atoms with Crippen molar-refractivity contribution >= 4 is 5.91 Å². The summed E-state index contributed by atoms with van der Waals surface area (Å²) in [6.45, 7) is 1.50. The molecule has 104 valence electrons. The Hall–Kier alpha value is -1.43. The van der Waals surface area contributed by atoms with Gasteiger partial charge in [0.15, 0.2) is 0 Å². The van der Waals surface area contributed by atoms with Crippen LogP contribution in [0.25, 0.3) is 0 Å². The second kappa shape index (κ2) is 6.65. The zero-order valence-corrected chi connectivity index (χ0v) is 11.1. The molecule has 1 aliphatic rings. The molecule has 2 atom stereocenters. The van der Waals surface area contributed by atoms with E-state index in [1.165, 1.54) is 0 Å². The fraction of sp³-hybridized carbons (Fsp3) is 0.500. The molecule has 1 aromatic rings. The predicted octanol–water partition coefficient (Wildman–Crippen LogP) is 0.172. The summed E-state index contributed by atoms with van der Waals surface area (Å²) >= 11 is 0. The topological polar surface area (TPSA) is 70.6 Å². The number of benzene rings is 1. The molecule has 1 heterocycles. The van der Waals surface area contributed by atoms with Crippen molar-refractivity contribution < 1.29 is 14.6 Å². The highest BCUT2D eigenvalue weighted by Gasteiger charge is 2.27. The number of nitrogens with one attached hydrogen (secondary N) is 2. The standard InChI is InChI=1S/C14H20N2O3/c1-19-9-11-5-3-2-4-10(11)7-16-14(18)13-6-12(17)8-15-13/h2-5,12-13,15,17H,6-9H2,1H3,(H,16,18). The number of carbonyl (C=O) groups is 1. The number of aliphatic hydroxyl groups excluding tert-OH is 1. The lowest BCUT2D eigenvalue weighted by Crippen LogP contribution is -2.40. The van der Waals surface area contributed by atoms with Crippen molar-refractivity contribution in [2.45, 2.75) is 31.7 Å². The molecular formula is C14H20N2O3. The Kier molecular flexibility index (Phi) is 4.90. The van der Waals surface area contributed by atoms with E-state index < -0.39 is 6.10 Å². The van der Waals surface area contributed by atoms with Gasteiger partial charge >= 0.3 is 0 Å². The van der Waals surface area contributed by atoms with Gasteiger partial charge in [0, 0.05) is 20.2 Å². The highest BCUT2D eigenvalue weighted by Crippen LogP contribution is 2.11. The number of methoxy groups -OCH3 is 1. The summed E-state index contributed by atoms with van der Waals surface area (Å²) in [5.74, 6) is -0.0660. The molecule has 19 heavy (non-hydrogen) atoms. The number of β-amino-alcohol motifs (C(OH)–C–C–N with tert-alkyl or cyclic N) is 1. The van der Waals surface area contributed by atoms with Crippen molar-refractivity contribution in [2.24, 2.45) is 0 Å². The highest BCUT2D eigenvalue weighted by atomic mass is 16.5. The molecule has 1 saturated heterocycles. The molecule has 5 heteroatoms. The SMILES string of the molecule is COCc1ccccc1CNC(=O)C1CC(O)CN1. The van der Waals surface area contributed by atoms with Crippen molar-refractivity contribution in [1.29, 1.82) is 0 Å². The van der Waals surface area contributed by atoms with Crippen molar-refractivity contribution in [2.75, 3.05) is 13.7 Å². The van der Waals surface area contributed by atoms with E-state index in [1.54, 1.807) is 7.11 Å². The Bertz CT molecular complexity index is 436. The maximum atomic E-state index is 11.9. The van der Waals surface area contributed by atoms with E-state index in [1.807, 2.05) is 24.3 Å². The molecule has 1 aromatic carbocycles. The van der Waals surface area contributed by atoms with Crippen LogP contribution >= 0.6 is 0 Å². The first-order valence-corrected chi connectivity index (χ1v) is 6.45. The maximum absolute atomic E-state index is 11.9. The van der Waals surface area contributed by atoms with Gasteiger partial charge in [0.25, 0.3) is 0 Å². The Labute approximate surface area is 113 Å². The summed E-state index contributed by atoms with van der Waals surface area (Å²) in [5, 5.41) is 15.3. The average molecular weight is 264 g/mol. The summed E-state index contributed by atoms with van der Waals surface area (Å²) < 4.78 is 5.13. The van der Waals surface area contributed by atoms with Gasteiger partial charge in [-0.2, -0.15) is 0 Å². The van der Waals surface area contributed by atoms with Gasteiger partial charge in [0.1, 0.15) is 0 Å². The molecule has 1 amide bonds. The Morgan fingerprint density at radius 1 is 1.47 bits per heavy atom. The number of amides is 1. The second-order valence-electron chi connectivity index (χ2n) is 4.77. The lowest BCUT2D eigenvalue weighted by atomic mass is 10.1. The van der Waals surface area contributed by atoms with E-state index in [2.05, 4.69) is 10.6 Å². The smallest absolute Gasteiger partial charge is 0.237 e. The molecular weight excluding hydrogens is 244 g/mol.